The van der Waals surface area contributed by atoms with Crippen LogP contribution in [0.4, 0.5) is 10.6 Å². The normalized spacial score (nSPS) is 26.8. The fourth-order valence-corrected chi connectivity index (χ4v) is 2.83. The quantitative estimate of drug-likeness (QED) is 0.724. The van der Waals surface area contributed by atoms with Gasteiger partial charge >= 0.3 is 6.03 Å². The number of anilines is 1. The molecule has 2 atom stereocenters. The van der Waals surface area contributed by atoms with Crippen LogP contribution >= 0.6 is 0 Å². The maximum atomic E-state index is 12.4. The SMILES string of the molecule is Cc1ccnc(N2C(=O)[C@@H]3C[C@@H](C)CCN3C2=O)c1. The molecule has 3 rings (SSSR count). The number of pyridine rings is 1. The molecule has 3 amide bonds. The first-order valence-corrected chi connectivity index (χ1v) is 6.65. The zero-order chi connectivity index (χ0) is 13.6. The predicted molar refractivity (Wildman–Crippen MR) is 70.7 cm³/mol. The van der Waals surface area contributed by atoms with Crippen LogP contribution in [-0.4, -0.2) is 34.4 Å². The molecule has 5 heteroatoms. The van der Waals surface area contributed by atoms with E-state index >= 15 is 0 Å². The molecular formula is C14H17N3O2. The van der Waals surface area contributed by atoms with E-state index < -0.39 is 0 Å². The molecule has 3 heterocycles. The number of fused-ring (bicyclic) bond motifs is 1. The molecule has 1 aromatic heterocycles. The number of aromatic nitrogens is 1. The van der Waals surface area contributed by atoms with Crippen LogP contribution in [0.3, 0.4) is 0 Å². The molecule has 1 aromatic rings. The van der Waals surface area contributed by atoms with E-state index in [1.165, 1.54) is 4.90 Å². The van der Waals surface area contributed by atoms with Gasteiger partial charge in [-0.3, -0.25) is 4.79 Å². The van der Waals surface area contributed by atoms with E-state index in [9.17, 15) is 9.59 Å². The van der Waals surface area contributed by atoms with E-state index in [-0.39, 0.29) is 18.0 Å². The van der Waals surface area contributed by atoms with Gasteiger partial charge in [0.15, 0.2) is 0 Å². The van der Waals surface area contributed by atoms with E-state index in [1.807, 2.05) is 13.0 Å². The number of piperidine rings is 1. The topological polar surface area (TPSA) is 53.5 Å². The Bertz CT molecular complexity index is 543. The summed E-state index contributed by atoms with van der Waals surface area (Å²) in [6.45, 7) is 4.72. The van der Waals surface area contributed by atoms with Gasteiger partial charge in [0, 0.05) is 12.7 Å². The molecule has 2 fully saturated rings. The van der Waals surface area contributed by atoms with Gasteiger partial charge in [0.2, 0.25) is 0 Å². The summed E-state index contributed by atoms with van der Waals surface area (Å²) in [7, 11) is 0. The summed E-state index contributed by atoms with van der Waals surface area (Å²) < 4.78 is 0. The van der Waals surface area contributed by atoms with E-state index in [1.54, 1.807) is 17.2 Å². The lowest BCUT2D eigenvalue weighted by Gasteiger charge is -2.30. The van der Waals surface area contributed by atoms with E-state index in [0.29, 0.717) is 18.3 Å². The number of aryl methyl sites for hydroxylation is 1. The first kappa shape index (κ1) is 12.1. The summed E-state index contributed by atoms with van der Waals surface area (Å²) in [4.78, 5) is 31.9. The number of nitrogens with zero attached hydrogens (tertiary/aromatic N) is 3. The zero-order valence-electron chi connectivity index (χ0n) is 11.2. The van der Waals surface area contributed by atoms with Crippen LogP contribution in [0.5, 0.6) is 0 Å². The maximum Gasteiger partial charge on any atom is 0.333 e. The lowest BCUT2D eigenvalue weighted by molar-refractivity contribution is -0.120. The van der Waals surface area contributed by atoms with Gasteiger partial charge in [-0.2, -0.15) is 0 Å². The molecule has 2 aliphatic heterocycles. The van der Waals surface area contributed by atoms with Crippen molar-refractivity contribution < 1.29 is 9.59 Å². The van der Waals surface area contributed by atoms with Crippen LogP contribution < -0.4 is 4.90 Å². The van der Waals surface area contributed by atoms with Gasteiger partial charge in [-0.25, -0.2) is 14.7 Å². The average Bonchev–Trinajstić information content (AvgIpc) is 2.61. The molecule has 0 aromatic carbocycles. The Morgan fingerprint density at radius 1 is 1.37 bits per heavy atom. The largest absolute Gasteiger partial charge is 0.333 e. The van der Waals surface area contributed by atoms with Crippen molar-refractivity contribution in [1.29, 1.82) is 0 Å². The molecule has 19 heavy (non-hydrogen) atoms. The first-order chi connectivity index (χ1) is 9.08. The van der Waals surface area contributed by atoms with Crippen molar-refractivity contribution in [3.8, 4) is 0 Å². The van der Waals surface area contributed by atoms with E-state index in [4.69, 9.17) is 0 Å². The molecule has 0 bridgehead atoms. The number of amides is 3. The fraction of sp³-hybridized carbons (Fsp3) is 0.500. The van der Waals surface area contributed by atoms with Crippen LogP contribution in [0.25, 0.3) is 0 Å². The van der Waals surface area contributed by atoms with Gasteiger partial charge in [-0.05, 0) is 43.4 Å². The van der Waals surface area contributed by atoms with Crippen LogP contribution in [0, 0.1) is 12.8 Å². The summed E-state index contributed by atoms with van der Waals surface area (Å²) >= 11 is 0. The third-order valence-electron chi connectivity index (χ3n) is 3.94. The summed E-state index contributed by atoms with van der Waals surface area (Å²) in [5.41, 5.74) is 0.990. The van der Waals surface area contributed by atoms with E-state index in [2.05, 4.69) is 11.9 Å². The Morgan fingerprint density at radius 3 is 2.89 bits per heavy atom. The van der Waals surface area contributed by atoms with Gasteiger partial charge < -0.3 is 4.90 Å². The second kappa shape index (κ2) is 4.33. The molecule has 5 nitrogen and oxygen atoms in total. The highest BCUT2D eigenvalue weighted by Crippen LogP contribution is 2.32. The second-order valence-corrected chi connectivity index (χ2v) is 5.49. The van der Waals surface area contributed by atoms with Crippen LogP contribution in [0.1, 0.15) is 25.3 Å². The highest BCUT2D eigenvalue weighted by molar-refractivity contribution is 6.20. The Labute approximate surface area is 112 Å². The lowest BCUT2D eigenvalue weighted by Crippen LogP contribution is -2.41. The molecule has 0 saturated carbocycles. The molecule has 100 valence electrons. The number of rotatable bonds is 1. The van der Waals surface area contributed by atoms with Crippen molar-refractivity contribution in [3.63, 3.8) is 0 Å². The minimum atomic E-state index is -0.293. The van der Waals surface area contributed by atoms with Gasteiger partial charge in [-0.1, -0.05) is 6.92 Å². The lowest BCUT2D eigenvalue weighted by atomic mass is 9.93. The van der Waals surface area contributed by atoms with Gasteiger partial charge in [-0.15, -0.1) is 0 Å². The number of hydrogen-bond donors (Lipinski definition) is 0. The molecule has 0 radical (unpaired) electrons. The third-order valence-corrected chi connectivity index (χ3v) is 3.94. The Balaban J connectivity index is 1.95. The highest BCUT2D eigenvalue weighted by Gasteiger charge is 2.48. The molecular weight excluding hydrogens is 242 g/mol. The molecule has 0 unspecified atom stereocenters. The molecule has 0 aliphatic carbocycles. The number of carbonyl (C=O) groups excluding carboxylic acids is 2. The van der Waals surface area contributed by atoms with Gasteiger partial charge in [0.25, 0.3) is 5.91 Å². The Kier molecular flexibility index (Phi) is 2.77. The number of imide groups is 1. The molecule has 2 saturated heterocycles. The second-order valence-electron chi connectivity index (χ2n) is 5.49. The van der Waals surface area contributed by atoms with Crippen molar-refractivity contribution in [2.24, 2.45) is 5.92 Å². The monoisotopic (exact) mass is 259 g/mol. The highest BCUT2D eigenvalue weighted by atomic mass is 16.2. The van der Waals surface area contributed by atoms with Gasteiger partial charge in [0.1, 0.15) is 11.9 Å². The molecule has 0 spiro atoms. The standard InChI is InChI=1S/C14H17N3O2/c1-9-3-5-15-12(8-9)17-13(18)11-7-10(2)4-6-16(11)14(17)19/h3,5,8,10-11H,4,6-7H2,1-2H3/t10-,11-/m0/s1. The van der Waals surface area contributed by atoms with Crippen molar-refractivity contribution >= 4 is 17.8 Å². The summed E-state index contributed by atoms with van der Waals surface area (Å²) in [6, 6.07) is 3.11. The van der Waals surface area contributed by atoms with Crippen molar-refractivity contribution in [2.75, 3.05) is 11.4 Å². The van der Waals surface area contributed by atoms with Crippen molar-refractivity contribution in [3.05, 3.63) is 23.9 Å². The summed E-state index contributed by atoms with van der Waals surface area (Å²) in [6.07, 6.45) is 3.35. The predicted octanol–water partition coefficient (Wildman–Crippen LogP) is 1.96. The summed E-state index contributed by atoms with van der Waals surface area (Å²) in [5, 5.41) is 0. The van der Waals surface area contributed by atoms with Crippen molar-refractivity contribution in [2.45, 2.75) is 32.7 Å². The minimum absolute atomic E-state index is 0.130. The number of hydrogen-bond acceptors (Lipinski definition) is 3. The smallest absolute Gasteiger partial charge is 0.312 e. The van der Waals surface area contributed by atoms with Gasteiger partial charge in [0.05, 0.1) is 0 Å². The number of carbonyl (C=O) groups is 2. The Morgan fingerprint density at radius 2 is 2.16 bits per heavy atom. The van der Waals surface area contributed by atoms with Crippen LogP contribution in [0.15, 0.2) is 18.3 Å². The Hall–Kier alpha value is -1.91. The van der Waals surface area contributed by atoms with Crippen LogP contribution in [-0.2, 0) is 4.79 Å². The fourth-order valence-electron chi connectivity index (χ4n) is 2.83. The summed E-state index contributed by atoms with van der Waals surface area (Å²) in [5.74, 6) is 0.801. The molecule has 2 aliphatic rings. The van der Waals surface area contributed by atoms with Crippen LogP contribution in [0.2, 0.25) is 0 Å². The van der Waals surface area contributed by atoms with E-state index in [0.717, 1.165) is 18.4 Å². The average molecular weight is 259 g/mol. The minimum Gasteiger partial charge on any atom is -0.312 e. The number of urea groups is 1. The molecule has 0 N–H and O–H groups in total. The first-order valence-electron chi connectivity index (χ1n) is 6.65. The van der Waals surface area contributed by atoms with Crippen molar-refractivity contribution in [1.82, 2.24) is 9.88 Å². The zero-order valence-corrected chi connectivity index (χ0v) is 11.2. The maximum absolute atomic E-state index is 12.4. The third kappa shape index (κ3) is 1.89.